The molecule has 8 rings (SSSR count). The Hall–Kier alpha value is -5.76. The van der Waals surface area contributed by atoms with Crippen molar-refractivity contribution in [3.8, 4) is 56.0 Å². The summed E-state index contributed by atoms with van der Waals surface area (Å²) in [5.74, 6) is 1.65. The molecule has 1 fully saturated rings. The number of phenolic OH excluding ortho intramolecular Hbond substituents is 2. The molecule has 0 radical (unpaired) electrons. The van der Waals surface area contributed by atoms with Crippen LogP contribution in [0.2, 0.25) is 0 Å². The van der Waals surface area contributed by atoms with Crippen molar-refractivity contribution in [2.75, 3.05) is 0 Å². The molecule has 1 heterocycles. The van der Waals surface area contributed by atoms with Crippen molar-refractivity contribution in [2.45, 2.75) is 222 Å². The van der Waals surface area contributed by atoms with E-state index in [9.17, 15) is 10.2 Å². The van der Waals surface area contributed by atoms with Crippen molar-refractivity contribution in [2.24, 2.45) is 0 Å². The zero-order valence-electron chi connectivity index (χ0n) is 53.6. The van der Waals surface area contributed by atoms with E-state index in [4.69, 9.17) is 0 Å². The average Bonchev–Trinajstić information content (AvgIpc) is 3.50. The van der Waals surface area contributed by atoms with E-state index in [-0.39, 0.29) is 40.8 Å². The lowest BCUT2D eigenvalue weighted by molar-refractivity contribution is -0.119. The minimum atomic E-state index is -1.40. The van der Waals surface area contributed by atoms with Crippen LogP contribution >= 0.6 is 7.92 Å². The van der Waals surface area contributed by atoms with Crippen molar-refractivity contribution in [3.05, 3.63) is 182 Å². The van der Waals surface area contributed by atoms with Crippen molar-refractivity contribution >= 4 is 19.0 Å². The zero-order chi connectivity index (χ0) is 59.7. The van der Waals surface area contributed by atoms with Crippen LogP contribution in [-0.2, 0) is 26.5 Å². The Morgan fingerprint density at radius 2 is 0.679 bits per heavy atom. The second kappa shape index (κ2) is 22.8. The first-order valence-electron chi connectivity index (χ1n) is 30.3. The van der Waals surface area contributed by atoms with Crippen LogP contribution in [-0.4, -0.2) is 16.0 Å². The minimum Gasteiger partial charge on any atom is -0.507 e. The molecule has 428 valence electrons. The van der Waals surface area contributed by atoms with Crippen molar-refractivity contribution in [3.63, 3.8) is 0 Å². The van der Waals surface area contributed by atoms with Crippen LogP contribution < -0.4 is 5.30 Å². The molecule has 0 aromatic heterocycles. The van der Waals surface area contributed by atoms with E-state index in [0.717, 1.165) is 33.4 Å². The lowest BCUT2D eigenvalue weighted by Crippen LogP contribution is -2.28. The second-order valence-electron chi connectivity index (χ2n) is 29.3. The highest BCUT2D eigenvalue weighted by Gasteiger charge is 2.45. The van der Waals surface area contributed by atoms with Gasteiger partial charge in [-0.05, 0) is 176 Å². The molecule has 0 aliphatic carbocycles. The molecule has 7 aromatic rings. The third-order valence-corrected chi connectivity index (χ3v) is 20.7. The summed E-state index contributed by atoms with van der Waals surface area (Å²) < 4.78 is 0. The van der Waals surface area contributed by atoms with E-state index in [1.807, 2.05) is 0 Å². The van der Waals surface area contributed by atoms with E-state index >= 15 is 4.79 Å². The van der Waals surface area contributed by atoms with Crippen molar-refractivity contribution < 1.29 is 15.0 Å². The molecule has 2 atom stereocenters. The zero-order valence-corrected chi connectivity index (χ0v) is 54.5. The molecular weight excluding hydrogens is 1000 g/mol. The Labute approximate surface area is 491 Å². The first kappa shape index (κ1) is 61.3. The summed E-state index contributed by atoms with van der Waals surface area (Å²) in [6.07, 6.45) is 0.760. The van der Waals surface area contributed by atoms with Gasteiger partial charge < -0.3 is 10.2 Å². The smallest absolute Gasteiger partial charge is 0.134 e. The van der Waals surface area contributed by atoms with Gasteiger partial charge in [0.25, 0.3) is 0 Å². The topological polar surface area (TPSA) is 57.5 Å². The van der Waals surface area contributed by atoms with Gasteiger partial charge in [-0.1, -0.05) is 262 Å². The van der Waals surface area contributed by atoms with Crippen LogP contribution in [0.1, 0.15) is 253 Å². The number of hydrogen-bond donors (Lipinski definition) is 2. The van der Waals surface area contributed by atoms with Crippen LogP contribution in [0.3, 0.4) is 0 Å². The largest absolute Gasteiger partial charge is 0.507 e. The number of phenols is 2. The number of aromatic hydroxyl groups is 2. The molecule has 1 aliphatic rings. The molecule has 81 heavy (non-hydrogen) atoms. The lowest BCUT2D eigenvalue weighted by atomic mass is 9.77. The van der Waals surface area contributed by atoms with Gasteiger partial charge in [-0.25, -0.2) is 0 Å². The molecule has 0 amide bonds. The maximum absolute atomic E-state index is 15.5. The van der Waals surface area contributed by atoms with Gasteiger partial charge in [0.15, 0.2) is 0 Å². The number of Topliss-reactive ketones (excluding diaryl/α,β-unsaturated/α-hetero) is 1. The molecule has 1 saturated heterocycles. The fraction of sp³-hybridized carbons (Fsp3) is 0.442. The van der Waals surface area contributed by atoms with Gasteiger partial charge in [0.05, 0.1) is 0 Å². The number of carbonyl (C=O) groups is 1. The SMILES string of the molecule is Cc1ccccc1-c1cc(C(C)C)c(-c2cccc(-c3c(C(C)C)cc(-c4ccccc4C)cc3C(C)C)c2P2C(c3cc(C(C)(C)C)c(O)c(C(C)(C)C)c3)CC(=O)CC2c2cc(C(C)(C)C)c(O)c(C(C)(C)C)c2)c(C(C)C)c1. The van der Waals surface area contributed by atoms with E-state index in [1.165, 1.54) is 83.2 Å². The van der Waals surface area contributed by atoms with E-state index in [1.54, 1.807) is 0 Å². The standard InChI is InChI=1S/C77H97O3P/c1-44(2)59-34-50(55-30-25-23-28-48(55)9)35-60(45(3)4)69(59)57-32-27-33-58(70-61(46(5)6)36-51(37-62(70)47(7)8)56-31-26-24-29-49(56)10)73(57)81-67(52-38-63(74(11,12)13)71(79)64(39-52)75(14,15)16)42-54(78)43-68(81)53-40-65(76(17,18)19)72(80)66(41-53)77(20,21)22/h23-41,44-47,67-68,79-80H,42-43H2,1-22H3. The molecule has 0 spiro atoms. The van der Waals surface area contributed by atoms with Crippen LogP contribution in [0.15, 0.2) is 115 Å². The van der Waals surface area contributed by atoms with Gasteiger partial charge in [0.1, 0.15) is 17.3 Å². The van der Waals surface area contributed by atoms with Crippen LogP contribution in [0.5, 0.6) is 11.5 Å². The van der Waals surface area contributed by atoms with Gasteiger partial charge in [0.2, 0.25) is 0 Å². The Kier molecular flexibility index (Phi) is 17.2. The number of ketones is 1. The number of benzene rings is 7. The van der Waals surface area contributed by atoms with Gasteiger partial charge in [0, 0.05) is 24.2 Å². The summed E-state index contributed by atoms with van der Waals surface area (Å²) in [7, 11) is -1.40. The molecule has 0 bridgehead atoms. The highest BCUT2D eigenvalue weighted by atomic mass is 31.1. The van der Waals surface area contributed by atoms with Gasteiger partial charge in [-0.3, -0.25) is 4.79 Å². The lowest BCUT2D eigenvalue weighted by Gasteiger charge is -2.43. The van der Waals surface area contributed by atoms with Crippen LogP contribution in [0, 0.1) is 13.8 Å². The first-order valence-corrected chi connectivity index (χ1v) is 31.8. The third-order valence-electron chi connectivity index (χ3n) is 17.4. The molecule has 1 aliphatic heterocycles. The average molecular weight is 1100 g/mol. The summed E-state index contributed by atoms with van der Waals surface area (Å²) in [5.41, 5.74) is 21.7. The number of rotatable bonds is 11. The highest BCUT2D eigenvalue weighted by molar-refractivity contribution is 7.67. The maximum atomic E-state index is 15.5. The van der Waals surface area contributed by atoms with Gasteiger partial charge in [-0.2, -0.15) is 0 Å². The fourth-order valence-electron chi connectivity index (χ4n) is 12.9. The molecule has 3 nitrogen and oxygen atoms in total. The molecule has 0 saturated carbocycles. The maximum Gasteiger partial charge on any atom is 0.134 e. The molecule has 4 heteroatoms. The van der Waals surface area contributed by atoms with Gasteiger partial charge >= 0.3 is 0 Å². The van der Waals surface area contributed by atoms with E-state index in [0.29, 0.717) is 24.3 Å². The first-order chi connectivity index (χ1) is 37.6. The molecule has 2 N–H and O–H groups in total. The molecular formula is C77H97O3P. The monoisotopic (exact) mass is 1100 g/mol. The Morgan fingerprint density at radius 3 is 0.938 bits per heavy atom. The predicted octanol–water partition coefficient (Wildman–Crippen LogP) is 22.0. The summed E-state index contributed by atoms with van der Waals surface area (Å²) in [6.45, 7) is 49.7. The Balaban J connectivity index is 1.66. The Bertz CT molecular complexity index is 3140. The number of aryl methyl sites for hydroxylation is 2. The summed E-state index contributed by atoms with van der Waals surface area (Å²) in [5, 5.41) is 26.3. The van der Waals surface area contributed by atoms with E-state index < -0.39 is 29.6 Å². The van der Waals surface area contributed by atoms with Gasteiger partial charge in [-0.15, -0.1) is 0 Å². The van der Waals surface area contributed by atoms with Crippen LogP contribution in [0.25, 0.3) is 44.5 Å². The van der Waals surface area contributed by atoms with Crippen molar-refractivity contribution in [1.29, 1.82) is 0 Å². The Morgan fingerprint density at radius 1 is 0.407 bits per heavy atom. The molecule has 2 unspecified atom stereocenters. The van der Waals surface area contributed by atoms with Crippen LogP contribution in [0.4, 0.5) is 0 Å². The third kappa shape index (κ3) is 12.2. The molecule has 7 aromatic carbocycles. The normalized spacial score (nSPS) is 16.6. The quantitative estimate of drug-likeness (QED) is 0.127. The predicted molar refractivity (Wildman–Crippen MR) is 351 cm³/mol. The minimum absolute atomic E-state index is 0.178. The second-order valence-corrected chi connectivity index (χ2v) is 31.8. The summed E-state index contributed by atoms with van der Waals surface area (Å²) in [6, 6.07) is 43.9. The summed E-state index contributed by atoms with van der Waals surface area (Å²) in [4.78, 5) is 15.5. The summed E-state index contributed by atoms with van der Waals surface area (Å²) >= 11 is 0. The highest BCUT2D eigenvalue weighted by Crippen LogP contribution is 2.70. The number of hydrogen-bond acceptors (Lipinski definition) is 3. The van der Waals surface area contributed by atoms with Crippen molar-refractivity contribution in [1.82, 2.24) is 0 Å². The fourth-order valence-corrected chi connectivity index (χ4v) is 16.7. The number of carbonyl (C=O) groups excluding carboxylic acids is 1. The van der Waals surface area contributed by atoms with E-state index in [2.05, 4.69) is 268 Å².